The number of anilines is 4. The molecule has 3 aromatic rings. The standard InChI is InChI=1S/C19H15F3N6O/c20-19(21,22)13-6-8-25-15(9-13)28-18(29)11-1-3-14(4-2-11)27-16-12(10-23)5-7-26-17(16)24/h1-10,23,27H,(H2,24,26)(H,25,28,29). The van der Waals surface area contributed by atoms with Gasteiger partial charge in [0.2, 0.25) is 0 Å². The summed E-state index contributed by atoms with van der Waals surface area (Å²) < 4.78 is 38.3. The van der Waals surface area contributed by atoms with Crippen molar-refractivity contribution in [3.63, 3.8) is 0 Å². The second-order valence-electron chi connectivity index (χ2n) is 5.89. The fourth-order valence-electron chi connectivity index (χ4n) is 2.46. The summed E-state index contributed by atoms with van der Waals surface area (Å²) in [6.07, 6.45) is -0.940. The molecule has 2 heterocycles. The van der Waals surface area contributed by atoms with Gasteiger partial charge in [-0.25, -0.2) is 9.97 Å². The Morgan fingerprint density at radius 3 is 2.41 bits per heavy atom. The highest BCUT2D eigenvalue weighted by Crippen LogP contribution is 2.30. The normalized spacial score (nSPS) is 11.0. The Bertz CT molecular complexity index is 1050. The number of halogens is 3. The Morgan fingerprint density at radius 2 is 1.76 bits per heavy atom. The maximum absolute atomic E-state index is 12.8. The fourth-order valence-corrected chi connectivity index (χ4v) is 2.46. The van der Waals surface area contributed by atoms with Gasteiger partial charge in [0.15, 0.2) is 0 Å². The van der Waals surface area contributed by atoms with E-state index in [4.69, 9.17) is 11.1 Å². The molecule has 0 saturated heterocycles. The molecule has 5 N–H and O–H groups in total. The topological polar surface area (TPSA) is 117 Å². The number of carbonyl (C=O) groups excluding carboxylic acids is 1. The smallest absolute Gasteiger partial charge is 0.382 e. The number of pyridine rings is 2. The van der Waals surface area contributed by atoms with Gasteiger partial charge in [0.1, 0.15) is 11.6 Å². The largest absolute Gasteiger partial charge is 0.416 e. The number of benzene rings is 1. The Morgan fingerprint density at radius 1 is 1.07 bits per heavy atom. The zero-order valence-corrected chi connectivity index (χ0v) is 14.8. The summed E-state index contributed by atoms with van der Waals surface area (Å²) in [6.45, 7) is 0. The van der Waals surface area contributed by atoms with Crippen LogP contribution >= 0.6 is 0 Å². The second kappa shape index (κ2) is 7.97. The van der Waals surface area contributed by atoms with E-state index in [1.807, 2.05) is 0 Å². The first kappa shape index (κ1) is 19.8. The molecule has 0 fully saturated rings. The molecule has 0 radical (unpaired) electrons. The Balaban J connectivity index is 1.74. The Labute approximate surface area is 163 Å². The minimum absolute atomic E-state index is 0.203. The van der Waals surface area contributed by atoms with Crippen LogP contribution in [0.15, 0.2) is 54.9 Å². The molecule has 10 heteroatoms. The highest BCUT2D eigenvalue weighted by Gasteiger charge is 2.30. The van der Waals surface area contributed by atoms with Gasteiger partial charge in [-0.1, -0.05) is 0 Å². The van der Waals surface area contributed by atoms with Gasteiger partial charge in [-0.15, -0.1) is 0 Å². The zero-order valence-electron chi connectivity index (χ0n) is 14.8. The molecule has 0 spiro atoms. The number of nitrogens with zero attached hydrogens (tertiary/aromatic N) is 2. The van der Waals surface area contributed by atoms with E-state index >= 15 is 0 Å². The number of alkyl halides is 3. The van der Waals surface area contributed by atoms with E-state index in [1.54, 1.807) is 18.2 Å². The number of rotatable bonds is 5. The van der Waals surface area contributed by atoms with Crippen molar-refractivity contribution in [2.75, 3.05) is 16.4 Å². The molecular formula is C19H15F3N6O. The van der Waals surface area contributed by atoms with Crippen LogP contribution in [0.2, 0.25) is 0 Å². The van der Waals surface area contributed by atoms with E-state index in [1.165, 1.54) is 18.3 Å². The second-order valence-corrected chi connectivity index (χ2v) is 5.89. The van der Waals surface area contributed by atoms with Gasteiger partial charge in [0.05, 0.1) is 11.3 Å². The van der Waals surface area contributed by atoms with Crippen molar-refractivity contribution in [1.82, 2.24) is 9.97 Å². The molecule has 7 nitrogen and oxygen atoms in total. The van der Waals surface area contributed by atoms with Crippen LogP contribution in [-0.4, -0.2) is 22.1 Å². The molecule has 0 aliphatic carbocycles. The first-order valence-electron chi connectivity index (χ1n) is 8.24. The van der Waals surface area contributed by atoms with Crippen LogP contribution in [0.5, 0.6) is 0 Å². The molecule has 0 saturated carbocycles. The van der Waals surface area contributed by atoms with E-state index < -0.39 is 17.6 Å². The molecule has 1 amide bonds. The van der Waals surface area contributed by atoms with Crippen molar-refractivity contribution >= 4 is 35.1 Å². The van der Waals surface area contributed by atoms with E-state index in [0.717, 1.165) is 24.5 Å². The van der Waals surface area contributed by atoms with Gasteiger partial charge < -0.3 is 21.8 Å². The molecule has 1 aromatic carbocycles. The van der Waals surface area contributed by atoms with Crippen molar-refractivity contribution in [3.05, 3.63) is 71.5 Å². The summed E-state index contributed by atoms with van der Waals surface area (Å²) in [5.74, 6) is -0.598. The third-order valence-electron chi connectivity index (χ3n) is 3.91. The summed E-state index contributed by atoms with van der Waals surface area (Å²) in [5.41, 5.74) is 6.72. The summed E-state index contributed by atoms with van der Waals surface area (Å²) in [4.78, 5) is 20.0. The van der Waals surface area contributed by atoms with Gasteiger partial charge in [0, 0.05) is 35.4 Å². The molecular weight excluding hydrogens is 385 g/mol. The molecule has 0 aliphatic rings. The SMILES string of the molecule is N=Cc1ccnc(N)c1Nc1ccc(C(=O)Nc2cc(C(F)(F)F)ccn2)cc1. The lowest BCUT2D eigenvalue weighted by Gasteiger charge is -2.12. The number of carbonyl (C=O) groups is 1. The third kappa shape index (κ3) is 4.67. The van der Waals surface area contributed by atoms with Crippen LogP contribution in [0.1, 0.15) is 21.5 Å². The summed E-state index contributed by atoms with van der Waals surface area (Å²) >= 11 is 0. The first-order chi connectivity index (χ1) is 13.8. The molecule has 2 aromatic heterocycles. The van der Waals surface area contributed by atoms with Gasteiger partial charge >= 0.3 is 6.18 Å². The molecule has 0 bridgehead atoms. The molecule has 29 heavy (non-hydrogen) atoms. The zero-order chi connectivity index (χ0) is 21.0. The maximum atomic E-state index is 12.8. The molecule has 148 valence electrons. The molecule has 0 unspecified atom stereocenters. The van der Waals surface area contributed by atoms with Gasteiger partial charge in [-0.3, -0.25) is 4.79 Å². The van der Waals surface area contributed by atoms with E-state index in [2.05, 4.69) is 20.6 Å². The lowest BCUT2D eigenvalue weighted by molar-refractivity contribution is -0.137. The van der Waals surface area contributed by atoms with Gasteiger partial charge in [-0.2, -0.15) is 13.2 Å². The fraction of sp³-hybridized carbons (Fsp3) is 0.0526. The lowest BCUT2D eigenvalue weighted by atomic mass is 10.1. The van der Waals surface area contributed by atoms with Crippen LogP contribution in [0.3, 0.4) is 0 Å². The van der Waals surface area contributed by atoms with Gasteiger partial charge in [-0.05, 0) is 42.5 Å². The predicted octanol–water partition coefficient (Wildman–Crippen LogP) is 4.07. The molecule has 0 aliphatic heterocycles. The maximum Gasteiger partial charge on any atom is 0.416 e. The van der Waals surface area contributed by atoms with Crippen LogP contribution in [-0.2, 0) is 6.18 Å². The van der Waals surface area contributed by atoms with Crippen LogP contribution in [0.4, 0.5) is 36.2 Å². The van der Waals surface area contributed by atoms with Crippen LogP contribution < -0.4 is 16.4 Å². The van der Waals surface area contributed by atoms with Crippen molar-refractivity contribution in [3.8, 4) is 0 Å². The number of nitrogens with two attached hydrogens (primary N) is 1. The monoisotopic (exact) mass is 400 g/mol. The predicted molar refractivity (Wildman–Crippen MR) is 103 cm³/mol. The van der Waals surface area contributed by atoms with E-state index in [0.29, 0.717) is 16.9 Å². The molecule has 0 atom stereocenters. The summed E-state index contributed by atoms with van der Waals surface area (Å²) in [5, 5.41) is 12.8. The Hall–Kier alpha value is -3.95. The third-order valence-corrected chi connectivity index (χ3v) is 3.91. The minimum Gasteiger partial charge on any atom is -0.382 e. The Kier molecular flexibility index (Phi) is 5.44. The van der Waals surface area contributed by atoms with Crippen LogP contribution in [0, 0.1) is 5.41 Å². The van der Waals surface area contributed by atoms with E-state index in [9.17, 15) is 18.0 Å². The highest BCUT2D eigenvalue weighted by molar-refractivity contribution is 6.04. The average molecular weight is 400 g/mol. The number of nitrogens with one attached hydrogen (secondary N) is 3. The highest BCUT2D eigenvalue weighted by atomic mass is 19.4. The van der Waals surface area contributed by atoms with E-state index in [-0.39, 0.29) is 17.2 Å². The number of hydrogen-bond acceptors (Lipinski definition) is 6. The molecule has 3 rings (SSSR count). The van der Waals surface area contributed by atoms with Crippen LogP contribution in [0.25, 0.3) is 0 Å². The lowest BCUT2D eigenvalue weighted by Crippen LogP contribution is -2.14. The van der Waals surface area contributed by atoms with Crippen molar-refractivity contribution in [2.45, 2.75) is 6.18 Å². The summed E-state index contributed by atoms with van der Waals surface area (Å²) in [7, 11) is 0. The van der Waals surface area contributed by atoms with Gasteiger partial charge in [0.25, 0.3) is 5.91 Å². The number of aromatic nitrogens is 2. The summed E-state index contributed by atoms with van der Waals surface area (Å²) in [6, 6.07) is 9.36. The number of nitrogen functional groups attached to an aromatic ring is 1. The average Bonchev–Trinajstić information content (AvgIpc) is 2.69. The minimum atomic E-state index is -4.53. The van der Waals surface area contributed by atoms with Crippen molar-refractivity contribution < 1.29 is 18.0 Å². The van der Waals surface area contributed by atoms with Crippen molar-refractivity contribution in [1.29, 1.82) is 5.41 Å². The number of hydrogen-bond donors (Lipinski definition) is 4. The first-order valence-corrected chi connectivity index (χ1v) is 8.24. The van der Waals surface area contributed by atoms with Crippen molar-refractivity contribution in [2.24, 2.45) is 0 Å². The quantitative estimate of drug-likeness (QED) is 0.482. The number of amides is 1.